The molecule has 0 aliphatic carbocycles. The van der Waals surface area contributed by atoms with Gasteiger partial charge < -0.3 is 15.4 Å². The van der Waals surface area contributed by atoms with Crippen LogP contribution in [0.4, 0.5) is 0 Å². The van der Waals surface area contributed by atoms with Gasteiger partial charge in [0.1, 0.15) is 11.3 Å². The second-order valence-corrected chi connectivity index (χ2v) is 3.45. The number of carbonyl (C=O) groups is 1. The highest BCUT2D eigenvalue weighted by Crippen LogP contribution is 2.10. The fourth-order valence-corrected chi connectivity index (χ4v) is 0.691. The second-order valence-electron chi connectivity index (χ2n) is 3.45. The van der Waals surface area contributed by atoms with E-state index in [2.05, 4.69) is 17.3 Å². The highest BCUT2D eigenvalue weighted by atomic mass is 16.6. The molecule has 0 amide bonds. The Morgan fingerprint density at radius 1 is 1.58 bits per heavy atom. The zero-order valence-corrected chi connectivity index (χ0v) is 7.39. The molecular formula is C8H12N2O2. The molecule has 0 fully saturated rings. The van der Waals surface area contributed by atoms with Crippen molar-refractivity contribution in [1.29, 1.82) is 0 Å². The van der Waals surface area contributed by atoms with Crippen molar-refractivity contribution in [2.45, 2.75) is 26.4 Å². The number of rotatable bonds is 1. The Balaban J connectivity index is 2.49. The lowest BCUT2D eigenvalue weighted by Gasteiger charge is -2.19. The molecule has 1 rings (SSSR count). The zero-order chi connectivity index (χ0) is 9.19. The normalized spacial score (nSPS) is 16.1. The topological polar surface area (TPSA) is 50.4 Å². The van der Waals surface area contributed by atoms with Crippen LogP contribution >= 0.6 is 0 Å². The summed E-state index contributed by atoms with van der Waals surface area (Å²) in [5.74, 6) is -0.375. The number of esters is 1. The fourth-order valence-electron chi connectivity index (χ4n) is 0.691. The predicted octanol–water partition coefficient (Wildman–Crippen LogP) is 0.359. The second kappa shape index (κ2) is 3.05. The summed E-state index contributed by atoms with van der Waals surface area (Å²) in [6.45, 7) is 8.01. The Labute approximate surface area is 72.0 Å². The molecule has 0 spiro atoms. The number of hydrogen-bond donors (Lipinski definition) is 2. The lowest BCUT2D eigenvalue weighted by atomic mass is 10.2. The van der Waals surface area contributed by atoms with Crippen LogP contribution in [0.1, 0.15) is 20.8 Å². The third kappa shape index (κ3) is 2.45. The van der Waals surface area contributed by atoms with Crippen LogP contribution in [0.2, 0.25) is 0 Å². The molecule has 12 heavy (non-hydrogen) atoms. The summed E-state index contributed by atoms with van der Waals surface area (Å²) in [7, 11) is 0. The van der Waals surface area contributed by atoms with Crippen LogP contribution < -0.4 is 10.6 Å². The van der Waals surface area contributed by atoms with Gasteiger partial charge in [0.05, 0.1) is 0 Å². The Morgan fingerprint density at radius 3 is 2.67 bits per heavy atom. The molecule has 0 saturated heterocycles. The molecule has 0 bridgehead atoms. The molecule has 0 aromatic rings. The molecule has 1 aliphatic rings. The molecule has 66 valence electrons. The van der Waals surface area contributed by atoms with Crippen molar-refractivity contribution in [2.75, 3.05) is 0 Å². The highest BCUT2D eigenvalue weighted by molar-refractivity contribution is 5.88. The van der Waals surface area contributed by atoms with E-state index in [4.69, 9.17) is 4.74 Å². The predicted molar refractivity (Wildman–Crippen MR) is 43.4 cm³/mol. The SMILES string of the molecule is CC(C)(C)OC(=O)C1=CN[C]N1. The first-order chi connectivity index (χ1) is 5.49. The summed E-state index contributed by atoms with van der Waals surface area (Å²) in [5, 5.41) is 5.22. The Morgan fingerprint density at radius 2 is 2.25 bits per heavy atom. The van der Waals surface area contributed by atoms with Crippen molar-refractivity contribution in [2.24, 2.45) is 0 Å². The molecule has 0 atom stereocenters. The van der Waals surface area contributed by atoms with Gasteiger partial charge in [-0.1, -0.05) is 0 Å². The molecule has 1 heterocycles. The van der Waals surface area contributed by atoms with E-state index in [1.165, 1.54) is 6.20 Å². The standard InChI is InChI=1S/C8H12N2O2/c1-8(2,3)12-7(11)6-4-9-5-10-6/h4,9-10H,1-3H3. The summed E-state index contributed by atoms with van der Waals surface area (Å²) < 4.78 is 5.07. The summed E-state index contributed by atoms with van der Waals surface area (Å²) in [4.78, 5) is 11.2. The highest BCUT2D eigenvalue weighted by Gasteiger charge is 2.21. The van der Waals surface area contributed by atoms with Gasteiger partial charge in [0.15, 0.2) is 0 Å². The number of hydrogen-bond acceptors (Lipinski definition) is 4. The summed E-state index contributed by atoms with van der Waals surface area (Å²) >= 11 is 0. The van der Waals surface area contributed by atoms with Gasteiger partial charge >= 0.3 is 5.97 Å². The van der Waals surface area contributed by atoms with E-state index >= 15 is 0 Å². The van der Waals surface area contributed by atoms with Gasteiger partial charge in [-0.25, -0.2) is 4.79 Å². The van der Waals surface area contributed by atoms with Crippen molar-refractivity contribution >= 4 is 5.97 Å². The first-order valence-electron chi connectivity index (χ1n) is 3.69. The van der Waals surface area contributed by atoms with E-state index in [0.29, 0.717) is 5.70 Å². The average Bonchev–Trinajstić information content (AvgIpc) is 2.32. The minimum absolute atomic E-state index is 0.375. The number of ether oxygens (including phenoxy) is 1. The lowest BCUT2D eigenvalue weighted by Crippen LogP contribution is -2.27. The van der Waals surface area contributed by atoms with Crippen LogP contribution in [0.5, 0.6) is 0 Å². The molecule has 2 N–H and O–H groups in total. The summed E-state index contributed by atoms with van der Waals surface area (Å²) in [5.41, 5.74) is -0.0766. The van der Waals surface area contributed by atoms with Gasteiger partial charge in [-0.2, -0.15) is 0 Å². The fraction of sp³-hybridized carbons (Fsp3) is 0.500. The van der Waals surface area contributed by atoms with Crippen molar-refractivity contribution in [3.63, 3.8) is 0 Å². The quantitative estimate of drug-likeness (QED) is 0.555. The molecule has 2 radical (unpaired) electrons. The smallest absolute Gasteiger partial charge is 0.356 e. The molecule has 0 aromatic heterocycles. The van der Waals surface area contributed by atoms with Crippen LogP contribution in [0, 0.1) is 6.67 Å². The first kappa shape index (κ1) is 8.90. The van der Waals surface area contributed by atoms with Gasteiger partial charge in [0, 0.05) is 6.20 Å². The van der Waals surface area contributed by atoms with Crippen molar-refractivity contribution in [3.05, 3.63) is 18.6 Å². The molecule has 0 aromatic carbocycles. The first-order valence-corrected chi connectivity index (χ1v) is 3.69. The largest absolute Gasteiger partial charge is 0.455 e. The molecule has 0 saturated carbocycles. The molecule has 1 aliphatic heterocycles. The van der Waals surface area contributed by atoms with Gasteiger partial charge in [0.25, 0.3) is 0 Å². The third-order valence-corrected chi connectivity index (χ3v) is 1.10. The van der Waals surface area contributed by atoms with Gasteiger partial charge in [-0.3, -0.25) is 0 Å². The van der Waals surface area contributed by atoms with E-state index in [-0.39, 0.29) is 5.97 Å². The molecule has 0 unspecified atom stereocenters. The Bertz CT molecular complexity index is 216. The van der Waals surface area contributed by atoms with Gasteiger partial charge in [-0.05, 0) is 20.8 Å². The van der Waals surface area contributed by atoms with Crippen LogP contribution in [-0.4, -0.2) is 11.6 Å². The third-order valence-electron chi connectivity index (χ3n) is 1.10. The maximum Gasteiger partial charge on any atom is 0.356 e. The van der Waals surface area contributed by atoms with E-state index in [1.54, 1.807) is 0 Å². The van der Waals surface area contributed by atoms with E-state index in [0.717, 1.165) is 0 Å². The van der Waals surface area contributed by atoms with Crippen LogP contribution in [-0.2, 0) is 9.53 Å². The minimum Gasteiger partial charge on any atom is -0.455 e. The maximum absolute atomic E-state index is 11.2. The summed E-state index contributed by atoms with van der Waals surface area (Å²) in [6.07, 6.45) is 1.51. The lowest BCUT2D eigenvalue weighted by molar-refractivity contribution is -0.150. The van der Waals surface area contributed by atoms with Crippen molar-refractivity contribution in [3.8, 4) is 0 Å². The average molecular weight is 168 g/mol. The molecule has 4 nitrogen and oxygen atoms in total. The van der Waals surface area contributed by atoms with Crippen LogP contribution in [0.3, 0.4) is 0 Å². The Hall–Kier alpha value is -1.19. The van der Waals surface area contributed by atoms with E-state index in [9.17, 15) is 4.79 Å². The monoisotopic (exact) mass is 168 g/mol. The minimum atomic E-state index is -0.456. The van der Waals surface area contributed by atoms with Gasteiger partial charge in [0.2, 0.25) is 6.67 Å². The Kier molecular flexibility index (Phi) is 2.26. The van der Waals surface area contributed by atoms with E-state index < -0.39 is 5.60 Å². The van der Waals surface area contributed by atoms with Crippen molar-refractivity contribution in [1.82, 2.24) is 10.6 Å². The zero-order valence-electron chi connectivity index (χ0n) is 7.39. The van der Waals surface area contributed by atoms with Gasteiger partial charge in [-0.15, -0.1) is 0 Å². The molecule has 4 heteroatoms. The molecular weight excluding hydrogens is 156 g/mol. The number of nitrogens with one attached hydrogen (secondary N) is 2. The summed E-state index contributed by atoms with van der Waals surface area (Å²) in [6, 6.07) is 0. The maximum atomic E-state index is 11.2. The van der Waals surface area contributed by atoms with E-state index in [1.807, 2.05) is 20.8 Å². The number of carbonyl (C=O) groups excluding carboxylic acids is 1. The van der Waals surface area contributed by atoms with Crippen LogP contribution in [0.15, 0.2) is 11.9 Å². The van der Waals surface area contributed by atoms with Crippen LogP contribution in [0.25, 0.3) is 0 Å². The van der Waals surface area contributed by atoms with Crippen molar-refractivity contribution < 1.29 is 9.53 Å².